The number of aryl methyl sites for hydroxylation is 3. The minimum absolute atomic E-state index is 0.249. The molecule has 2 aromatic heterocycles. The Labute approximate surface area is 108 Å². The van der Waals surface area contributed by atoms with E-state index in [4.69, 9.17) is 0 Å². The maximum Gasteiger partial charge on any atom is 0.110 e. The van der Waals surface area contributed by atoms with Crippen molar-refractivity contribution in [3.05, 3.63) is 47.3 Å². The van der Waals surface area contributed by atoms with E-state index in [1.165, 1.54) is 5.56 Å². The molecule has 0 amide bonds. The maximum atomic E-state index is 4.53. The molecule has 0 bridgehead atoms. The van der Waals surface area contributed by atoms with Crippen LogP contribution < -0.4 is 5.32 Å². The second-order valence-corrected chi connectivity index (χ2v) is 4.63. The second-order valence-electron chi connectivity index (χ2n) is 4.63. The van der Waals surface area contributed by atoms with Gasteiger partial charge in [0, 0.05) is 43.3 Å². The van der Waals surface area contributed by atoms with Crippen LogP contribution in [-0.2, 0) is 13.5 Å². The summed E-state index contributed by atoms with van der Waals surface area (Å²) in [7, 11) is 4.00. The van der Waals surface area contributed by atoms with Gasteiger partial charge in [0.15, 0.2) is 0 Å². The van der Waals surface area contributed by atoms with Crippen LogP contribution >= 0.6 is 0 Å². The van der Waals surface area contributed by atoms with Gasteiger partial charge in [0.2, 0.25) is 0 Å². The Morgan fingerprint density at radius 3 is 2.67 bits per heavy atom. The zero-order valence-electron chi connectivity index (χ0n) is 11.4. The molecule has 0 aliphatic rings. The third-order valence-electron chi connectivity index (χ3n) is 3.30. The molecule has 0 aromatic carbocycles. The van der Waals surface area contributed by atoms with Crippen molar-refractivity contribution in [1.29, 1.82) is 0 Å². The van der Waals surface area contributed by atoms with Crippen LogP contribution in [0.4, 0.5) is 0 Å². The Morgan fingerprint density at radius 1 is 1.33 bits per heavy atom. The molecule has 96 valence electrons. The first kappa shape index (κ1) is 12.8. The van der Waals surface area contributed by atoms with Gasteiger partial charge >= 0.3 is 0 Å². The van der Waals surface area contributed by atoms with Crippen molar-refractivity contribution < 1.29 is 0 Å². The van der Waals surface area contributed by atoms with E-state index < -0.39 is 0 Å². The molecule has 2 heterocycles. The number of likely N-dealkylation sites (N-methyl/N-ethyl adjacent to an activating group) is 1. The highest BCUT2D eigenvalue weighted by atomic mass is 15.0. The normalized spacial score (nSPS) is 12.7. The smallest absolute Gasteiger partial charge is 0.110 e. The van der Waals surface area contributed by atoms with Crippen LogP contribution in [0.2, 0.25) is 0 Å². The standard InChI is InChI=1S/C14H20N4/c1-10-5-6-12(11(2)17-10)13(15-3)9-14-16-7-8-18(14)4/h5-8,13,15H,9H2,1-4H3. The summed E-state index contributed by atoms with van der Waals surface area (Å²) in [5, 5.41) is 3.35. The zero-order valence-corrected chi connectivity index (χ0v) is 11.4. The number of nitrogens with zero attached hydrogens (tertiary/aromatic N) is 3. The molecule has 1 unspecified atom stereocenters. The van der Waals surface area contributed by atoms with Crippen molar-refractivity contribution in [2.75, 3.05) is 7.05 Å². The van der Waals surface area contributed by atoms with Gasteiger partial charge in [-0.25, -0.2) is 4.98 Å². The Hall–Kier alpha value is -1.68. The van der Waals surface area contributed by atoms with Crippen molar-refractivity contribution in [2.24, 2.45) is 7.05 Å². The summed E-state index contributed by atoms with van der Waals surface area (Å²) in [6, 6.07) is 4.46. The Morgan fingerprint density at radius 2 is 2.11 bits per heavy atom. The number of nitrogens with one attached hydrogen (secondary N) is 1. The molecule has 0 spiro atoms. The average molecular weight is 244 g/mol. The first-order chi connectivity index (χ1) is 8.61. The fourth-order valence-corrected chi connectivity index (χ4v) is 2.21. The van der Waals surface area contributed by atoms with Gasteiger partial charge in [-0.3, -0.25) is 4.98 Å². The highest BCUT2D eigenvalue weighted by molar-refractivity contribution is 5.26. The van der Waals surface area contributed by atoms with E-state index in [2.05, 4.69) is 38.9 Å². The van der Waals surface area contributed by atoms with E-state index >= 15 is 0 Å². The Balaban J connectivity index is 2.26. The molecule has 0 saturated carbocycles. The van der Waals surface area contributed by atoms with E-state index in [1.807, 2.05) is 33.4 Å². The molecule has 0 fully saturated rings. The highest BCUT2D eigenvalue weighted by Crippen LogP contribution is 2.20. The fraction of sp³-hybridized carbons (Fsp3) is 0.429. The molecule has 0 aliphatic carbocycles. The topological polar surface area (TPSA) is 42.7 Å². The van der Waals surface area contributed by atoms with E-state index in [-0.39, 0.29) is 6.04 Å². The second kappa shape index (κ2) is 5.31. The number of hydrogen-bond acceptors (Lipinski definition) is 3. The molecule has 1 atom stereocenters. The summed E-state index contributed by atoms with van der Waals surface area (Å²) in [4.78, 5) is 8.91. The molecule has 4 heteroatoms. The molecule has 2 aromatic rings. The monoisotopic (exact) mass is 244 g/mol. The summed E-state index contributed by atoms with van der Waals surface area (Å²) < 4.78 is 2.06. The number of pyridine rings is 1. The van der Waals surface area contributed by atoms with E-state index in [0.29, 0.717) is 0 Å². The average Bonchev–Trinajstić information content (AvgIpc) is 2.73. The van der Waals surface area contributed by atoms with Crippen LogP contribution in [0.15, 0.2) is 24.5 Å². The van der Waals surface area contributed by atoms with Gasteiger partial charge < -0.3 is 9.88 Å². The van der Waals surface area contributed by atoms with Crippen molar-refractivity contribution in [3.8, 4) is 0 Å². The van der Waals surface area contributed by atoms with E-state index in [1.54, 1.807) is 0 Å². The molecule has 2 rings (SSSR count). The summed E-state index contributed by atoms with van der Waals surface area (Å²) in [5.41, 5.74) is 3.39. The Kier molecular flexibility index (Phi) is 3.77. The van der Waals surface area contributed by atoms with Gasteiger partial charge in [-0.05, 0) is 32.5 Å². The van der Waals surface area contributed by atoms with Gasteiger partial charge in [-0.2, -0.15) is 0 Å². The number of imidazole rings is 1. The summed E-state index contributed by atoms with van der Waals surface area (Å²) in [5.74, 6) is 1.08. The highest BCUT2D eigenvalue weighted by Gasteiger charge is 2.15. The predicted molar refractivity (Wildman–Crippen MR) is 72.4 cm³/mol. The fourth-order valence-electron chi connectivity index (χ4n) is 2.21. The predicted octanol–water partition coefficient (Wildman–Crippen LogP) is 1.94. The van der Waals surface area contributed by atoms with Crippen LogP contribution in [-0.4, -0.2) is 21.6 Å². The SMILES string of the molecule is CNC(Cc1nccn1C)c1ccc(C)nc1C. The van der Waals surface area contributed by atoms with E-state index in [0.717, 1.165) is 23.6 Å². The third kappa shape index (κ3) is 2.59. The lowest BCUT2D eigenvalue weighted by atomic mass is 10.0. The largest absolute Gasteiger partial charge is 0.338 e. The lowest BCUT2D eigenvalue weighted by Gasteiger charge is -2.18. The number of aromatic nitrogens is 3. The molecule has 0 radical (unpaired) electrons. The number of rotatable bonds is 4. The summed E-state index contributed by atoms with van der Waals surface area (Å²) in [6.45, 7) is 4.08. The van der Waals surface area contributed by atoms with Crippen LogP contribution in [0.5, 0.6) is 0 Å². The van der Waals surface area contributed by atoms with Crippen LogP contribution in [0.25, 0.3) is 0 Å². The minimum Gasteiger partial charge on any atom is -0.338 e. The first-order valence-corrected chi connectivity index (χ1v) is 6.19. The van der Waals surface area contributed by atoms with Crippen molar-refractivity contribution >= 4 is 0 Å². The molecular weight excluding hydrogens is 224 g/mol. The molecule has 4 nitrogen and oxygen atoms in total. The van der Waals surface area contributed by atoms with Crippen LogP contribution in [0, 0.1) is 13.8 Å². The summed E-state index contributed by atoms with van der Waals surface area (Å²) in [6.07, 6.45) is 4.68. The molecule has 0 saturated heterocycles. The van der Waals surface area contributed by atoms with Gasteiger partial charge in [-0.1, -0.05) is 6.07 Å². The van der Waals surface area contributed by atoms with Crippen LogP contribution in [0.1, 0.15) is 28.8 Å². The Bertz CT molecular complexity index is 530. The van der Waals surface area contributed by atoms with Crippen molar-refractivity contribution in [2.45, 2.75) is 26.3 Å². The molecule has 1 N–H and O–H groups in total. The maximum absolute atomic E-state index is 4.53. The van der Waals surface area contributed by atoms with Crippen LogP contribution in [0.3, 0.4) is 0 Å². The van der Waals surface area contributed by atoms with Gasteiger partial charge in [0.05, 0.1) is 0 Å². The lowest BCUT2D eigenvalue weighted by molar-refractivity contribution is 0.558. The zero-order chi connectivity index (χ0) is 13.1. The molecular formula is C14H20N4. The lowest BCUT2D eigenvalue weighted by Crippen LogP contribution is -2.21. The quantitative estimate of drug-likeness (QED) is 0.893. The number of hydrogen-bond donors (Lipinski definition) is 1. The van der Waals surface area contributed by atoms with E-state index in [9.17, 15) is 0 Å². The van der Waals surface area contributed by atoms with Crippen molar-refractivity contribution in [1.82, 2.24) is 19.9 Å². The minimum atomic E-state index is 0.249. The molecule has 0 aliphatic heterocycles. The van der Waals surface area contributed by atoms with Gasteiger partial charge in [0.25, 0.3) is 0 Å². The van der Waals surface area contributed by atoms with Gasteiger partial charge in [0.1, 0.15) is 5.82 Å². The van der Waals surface area contributed by atoms with Crippen molar-refractivity contribution in [3.63, 3.8) is 0 Å². The third-order valence-corrected chi connectivity index (χ3v) is 3.30. The first-order valence-electron chi connectivity index (χ1n) is 6.19. The molecule has 18 heavy (non-hydrogen) atoms. The summed E-state index contributed by atoms with van der Waals surface area (Å²) >= 11 is 0. The van der Waals surface area contributed by atoms with Gasteiger partial charge in [-0.15, -0.1) is 0 Å².